The van der Waals surface area contributed by atoms with Gasteiger partial charge in [-0.15, -0.1) is 11.3 Å². The third-order valence-corrected chi connectivity index (χ3v) is 5.93. The van der Waals surface area contributed by atoms with E-state index in [2.05, 4.69) is 15.6 Å². The Bertz CT molecular complexity index is 1120. The summed E-state index contributed by atoms with van der Waals surface area (Å²) in [5, 5.41) is 6.45. The van der Waals surface area contributed by atoms with Crippen LogP contribution in [-0.2, 0) is 0 Å². The number of thiazole rings is 1. The largest absolute Gasteiger partial charge is 0.493 e. The molecule has 0 aliphatic carbocycles. The number of hydrogen-bond acceptors (Lipinski definition) is 6. The minimum absolute atomic E-state index is 0.221. The van der Waals surface area contributed by atoms with Gasteiger partial charge in [0.1, 0.15) is 9.88 Å². The molecule has 1 aromatic heterocycles. The summed E-state index contributed by atoms with van der Waals surface area (Å²) in [5.74, 6) is 1.01. The summed E-state index contributed by atoms with van der Waals surface area (Å²) >= 11 is 1.28. The molecule has 0 aliphatic rings. The van der Waals surface area contributed by atoms with E-state index in [-0.39, 0.29) is 11.8 Å². The van der Waals surface area contributed by atoms with Crippen LogP contribution in [-0.4, -0.2) is 37.6 Å². The zero-order chi connectivity index (χ0) is 23.3. The first-order valence-corrected chi connectivity index (χ1v) is 11.0. The molecule has 0 bridgehead atoms. The number of nitrogens with one attached hydrogen (secondary N) is 2. The Morgan fingerprint density at radius 3 is 2.44 bits per heavy atom. The van der Waals surface area contributed by atoms with E-state index >= 15 is 0 Å². The molecule has 0 radical (unpaired) electrons. The van der Waals surface area contributed by atoms with Crippen molar-refractivity contribution in [3.8, 4) is 22.1 Å². The zero-order valence-corrected chi connectivity index (χ0v) is 19.6. The van der Waals surface area contributed by atoms with Gasteiger partial charge in [-0.3, -0.25) is 9.59 Å². The van der Waals surface area contributed by atoms with Gasteiger partial charge >= 0.3 is 0 Å². The first-order chi connectivity index (χ1) is 15.3. The van der Waals surface area contributed by atoms with Crippen LogP contribution in [0.25, 0.3) is 10.6 Å². The molecule has 2 amide bonds. The summed E-state index contributed by atoms with van der Waals surface area (Å²) in [5.41, 5.74) is 2.31. The van der Waals surface area contributed by atoms with Crippen molar-refractivity contribution >= 4 is 28.8 Å². The number of aryl methyl sites for hydroxylation is 1. The number of hydrogen-bond donors (Lipinski definition) is 2. The van der Waals surface area contributed by atoms with Crippen molar-refractivity contribution in [2.24, 2.45) is 5.92 Å². The normalized spacial score (nSPS) is 10.7. The summed E-state index contributed by atoms with van der Waals surface area (Å²) in [6, 6.07) is 12.5. The standard InChI is InChI=1S/C24H27N3O4S/c1-14(2)13-25-22(28)17-8-6-7-9-18(17)27-23(29)21-15(3)26-24(32-21)16-10-11-19(30-4)20(12-16)31-5/h6-12,14H,13H2,1-5H3,(H,25,28)(H,27,29). The maximum Gasteiger partial charge on any atom is 0.267 e. The van der Waals surface area contributed by atoms with Crippen molar-refractivity contribution in [2.75, 3.05) is 26.1 Å². The van der Waals surface area contributed by atoms with Crippen LogP contribution >= 0.6 is 11.3 Å². The molecule has 0 aliphatic heterocycles. The fourth-order valence-electron chi connectivity index (χ4n) is 3.06. The van der Waals surface area contributed by atoms with Crippen molar-refractivity contribution in [1.29, 1.82) is 0 Å². The maximum absolute atomic E-state index is 13.0. The second kappa shape index (κ2) is 10.3. The Kier molecular flexibility index (Phi) is 7.48. The fourth-order valence-corrected chi connectivity index (χ4v) is 4.02. The van der Waals surface area contributed by atoms with Gasteiger partial charge in [0, 0.05) is 12.1 Å². The third kappa shape index (κ3) is 5.26. The number of para-hydroxylation sites is 1. The molecule has 0 saturated heterocycles. The van der Waals surface area contributed by atoms with Gasteiger partial charge in [-0.1, -0.05) is 26.0 Å². The number of ether oxygens (including phenoxy) is 2. The Balaban J connectivity index is 1.84. The van der Waals surface area contributed by atoms with Gasteiger partial charge in [0.05, 0.1) is 31.2 Å². The molecule has 32 heavy (non-hydrogen) atoms. The highest BCUT2D eigenvalue weighted by Gasteiger charge is 2.20. The number of amides is 2. The quantitative estimate of drug-likeness (QED) is 0.513. The molecule has 7 nitrogen and oxygen atoms in total. The molecule has 0 fully saturated rings. The predicted octanol–water partition coefficient (Wildman–Crippen LogP) is 4.77. The third-order valence-electron chi connectivity index (χ3n) is 4.72. The van der Waals surface area contributed by atoms with Crippen LogP contribution in [0.2, 0.25) is 0 Å². The van der Waals surface area contributed by atoms with Crippen LogP contribution in [0.4, 0.5) is 5.69 Å². The molecular formula is C24H27N3O4S. The molecule has 1 heterocycles. The van der Waals surface area contributed by atoms with Crippen LogP contribution in [0.1, 0.15) is 39.6 Å². The fraction of sp³-hybridized carbons (Fsp3) is 0.292. The number of nitrogens with zero attached hydrogens (tertiary/aromatic N) is 1. The van der Waals surface area contributed by atoms with Gasteiger partial charge in [-0.2, -0.15) is 0 Å². The lowest BCUT2D eigenvalue weighted by atomic mass is 10.1. The second-order valence-electron chi connectivity index (χ2n) is 7.61. The molecular weight excluding hydrogens is 426 g/mol. The smallest absolute Gasteiger partial charge is 0.267 e. The number of benzene rings is 2. The Hall–Kier alpha value is -3.39. The minimum atomic E-state index is -0.309. The monoisotopic (exact) mass is 453 g/mol. The summed E-state index contributed by atoms with van der Waals surface area (Å²) in [4.78, 5) is 30.6. The lowest BCUT2D eigenvalue weighted by molar-refractivity contribution is 0.0950. The van der Waals surface area contributed by atoms with Gasteiger partial charge in [-0.05, 0) is 43.2 Å². The molecule has 0 atom stereocenters. The highest BCUT2D eigenvalue weighted by Crippen LogP contribution is 2.35. The number of aromatic nitrogens is 1. The first kappa shape index (κ1) is 23.3. The number of methoxy groups -OCH3 is 2. The van der Waals surface area contributed by atoms with E-state index in [0.717, 1.165) is 5.56 Å². The summed E-state index contributed by atoms with van der Waals surface area (Å²) in [7, 11) is 3.15. The molecule has 168 valence electrons. The Labute approximate surface area is 191 Å². The molecule has 2 N–H and O–H groups in total. The molecule has 0 unspecified atom stereocenters. The molecule has 2 aromatic carbocycles. The van der Waals surface area contributed by atoms with E-state index < -0.39 is 0 Å². The lowest BCUT2D eigenvalue weighted by Crippen LogP contribution is -2.28. The zero-order valence-electron chi connectivity index (χ0n) is 18.8. The Morgan fingerprint density at radius 1 is 1.03 bits per heavy atom. The summed E-state index contributed by atoms with van der Waals surface area (Å²) in [6.45, 7) is 6.40. The van der Waals surface area contributed by atoms with Crippen LogP contribution in [0.15, 0.2) is 42.5 Å². The molecule has 3 rings (SSSR count). The van der Waals surface area contributed by atoms with Crippen molar-refractivity contribution < 1.29 is 19.1 Å². The minimum Gasteiger partial charge on any atom is -0.493 e. The second-order valence-corrected chi connectivity index (χ2v) is 8.61. The molecule has 8 heteroatoms. The van der Waals surface area contributed by atoms with Crippen LogP contribution in [0.5, 0.6) is 11.5 Å². The predicted molar refractivity (Wildman–Crippen MR) is 127 cm³/mol. The van der Waals surface area contributed by atoms with E-state index in [1.165, 1.54) is 11.3 Å². The first-order valence-electron chi connectivity index (χ1n) is 10.2. The number of carbonyl (C=O) groups excluding carboxylic acids is 2. The topological polar surface area (TPSA) is 89.5 Å². The van der Waals surface area contributed by atoms with E-state index in [1.54, 1.807) is 51.5 Å². The van der Waals surface area contributed by atoms with E-state index in [0.29, 0.717) is 50.8 Å². The van der Waals surface area contributed by atoms with Gasteiger partial charge in [-0.25, -0.2) is 4.98 Å². The van der Waals surface area contributed by atoms with E-state index in [4.69, 9.17) is 9.47 Å². The number of carbonyl (C=O) groups is 2. The summed E-state index contributed by atoms with van der Waals surface area (Å²) in [6.07, 6.45) is 0. The molecule has 0 spiro atoms. The van der Waals surface area contributed by atoms with E-state index in [1.807, 2.05) is 26.0 Å². The van der Waals surface area contributed by atoms with Crippen LogP contribution in [0, 0.1) is 12.8 Å². The van der Waals surface area contributed by atoms with Crippen LogP contribution < -0.4 is 20.1 Å². The Morgan fingerprint density at radius 2 is 1.75 bits per heavy atom. The number of rotatable bonds is 8. The molecule has 0 saturated carbocycles. The highest BCUT2D eigenvalue weighted by atomic mass is 32.1. The van der Waals surface area contributed by atoms with Gasteiger partial charge in [0.2, 0.25) is 0 Å². The van der Waals surface area contributed by atoms with Gasteiger partial charge in [0.15, 0.2) is 11.5 Å². The van der Waals surface area contributed by atoms with Crippen LogP contribution in [0.3, 0.4) is 0 Å². The highest BCUT2D eigenvalue weighted by molar-refractivity contribution is 7.17. The average Bonchev–Trinajstić information content (AvgIpc) is 3.19. The van der Waals surface area contributed by atoms with Crippen molar-refractivity contribution in [3.05, 3.63) is 58.6 Å². The van der Waals surface area contributed by atoms with Gasteiger partial charge < -0.3 is 20.1 Å². The van der Waals surface area contributed by atoms with Crippen molar-refractivity contribution in [2.45, 2.75) is 20.8 Å². The number of anilines is 1. The van der Waals surface area contributed by atoms with Crippen molar-refractivity contribution in [1.82, 2.24) is 10.3 Å². The van der Waals surface area contributed by atoms with Gasteiger partial charge in [0.25, 0.3) is 11.8 Å². The van der Waals surface area contributed by atoms with E-state index in [9.17, 15) is 9.59 Å². The lowest BCUT2D eigenvalue weighted by Gasteiger charge is -2.12. The van der Waals surface area contributed by atoms with Crippen molar-refractivity contribution in [3.63, 3.8) is 0 Å². The average molecular weight is 454 g/mol. The maximum atomic E-state index is 13.0. The summed E-state index contributed by atoms with van der Waals surface area (Å²) < 4.78 is 10.6. The SMILES string of the molecule is COc1ccc(-c2nc(C)c(C(=O)Nc3ccccc3C(=O)NCC(C)C)s2)cc1OC. The molecule has 3 aromatic rings.